The predicted molar refractivity (Wildman–Crippen MR) is 73.0 cm³/mol. The molecule has 5 nitrogen and oxygen atoms in total. The van der Waals surface area contributed by atoms with Gasteiger partial charge in [-0.2, -0.15) is 5.10 Å². The highest BCUT2D eigenvalue weighted by molar-refractivity contribution is 5.76. The summed E-state index contributed by atoms with van der Waals surface area (Å²) in [5, 5.41) is 10.1. The second kappa shape index (κ2) is 5.74. The van der Waals surface area contributed by atoms with E-state index in [0.717, 1.165) is 42.8 Å². The average Bonchev–Trinajstić information content (AvgIpc) is 2.93. The standard InChI is InChI=1S/C14H23N3O2/c1-10-12(11(2)17-16-10)5-6-13(18)15-9-14(3)7-4-8-19-14/h4-9H2,1-3H3,(H,15,18)(H,16,17). The molecule has 1 saturated heterocycles. The third-order valence-electron chi connectivity index (χ3n) is 3.84. The maximum Gasteiger partial charge on any atom is 0.220 e. The van der Waals surface area contributed by atoms with Crippen LogP contribution in [0.3, 0.4) is 0 Å². The van der Waals surface area contributed by atoms with Crippen molar-refractivity contribution in [3.8, 4) is 0 Å². The zero-order chi connectivity index (χ0) is 13.9. The molecule has 0 radical (unpaired) electrons. The summed E-state index contributed by atoms with van der Waals surface area (Å²) < 4.78 is 5.65. The van der Waals surface area contributed by atoms with Crippen molar-refractivity contribution in [2.45, 2.75) is 52.1 Å². The number of nitrogens with zero attached hydrogens (tertiary/aromatic N) is 1. The van der Waals surface area contributed by atoms with Gasteiger partial charge < -0.3 is 10.1 Å². The molecule has 1 aromatic rings. The van der Waals surface area contributed by atoms with E-state index in [4.69, 9.17) is 4.74 Å². The van der Waals surface area contributed by atoms with Crippen LogP contribution in [0.4, 0.5) is 0 Å². The van der Waals surface area contributed by atoms with Gasteiger partial charge in [0.15, 0.2) is 0 Å². The number of hydrogen-bond donors (Lipinski definition) is 2. The molecular weight excluding hydrogens is 242 g/mol. The summed E-state index contributed by atoms with van der Waals surface area (Å²) in [5.74, 6) is 0.0803. The molecular formula is C14H23N3O2. The highest BCUT2D eigenvalue weighted by Crippen LogP contribution is 2.23. The van der Waals surface area contributed by atoms with Crippen LogP contribution in [0, 0.1) is 13.8 Å². The number of hydrogen-bond acceptors (Lipinski definition) is 3. The Balaban J connectivity index is 1.76. The van der Waals surface area contributed by atoms with E-state index >= 15 is 0 Å². The molecule has 0 aromatic carbocycles. The summed E-state index contributed by atoms with van der Waals surface area (Å²) in [4.78, 5) is 11.9. The SMILES string of the molecule is Cc1n[nH]c(C)c1CCC(=O)NCC1(C)CCCO1. The van der Waals surface area contributed by atoms with Gasteiger partial charge in [0, 0.05) is 25.3 Å². The summed E-state index contributed by atoms with van der Waals surface area (Å²) >= 11 is 0. The normalized spacial score (nSPS) is 22.7. The molecule has 0 aliphatic carbocycles. The lowest BCUT2D eigenvalue weighted by atomic mass is 10.0. The van der Waals surface area contributed by atoms with Crippen molar-refractivity contribution in [2.24, 2.45) is 0 Å². The lowest BCUT2D eigenvalue weighted by Gasteiger charge is -2.23. The summed E-state index contributed by atoms with van der Waals surface area (Å²) in [6.45, 7) is 7.42. The van der Waals surface area contributed by atoms with Gasteiger partial charge in [-0.15, -0.1) is 0 Å². The predicted octanol–water partition coefficient (Wildman–Crippen LogP) is 1.64. The Morgan fingerprint density at radius 1 is 1.53 bits per heavy atom. The van der Waals surface area contributed by atoms with Gasteiger partial charge in [0.1, 0.15) is 0 Å². The third kappa shape index (κ3) is 3.56. The Morgan fingerprint density at radius 2 is 2.32 bits per heavy atom. The monoisotopic (exact) mass is 265 g/mol. The third-order valence-corrected chi connectivity index (χ3v) is 3.84. The van der Waals surface area contributed by atoms with Crippen LogP contribution < -0.4 is 5.32 Å². The van der Waals surface area contributed by atoms with E-state index in [9.17, 15) is 4.79 Å². The van der Waals surface area contributed by atoms with Gasteiger partial charge in [0.25, 0.3) is 0 Å². The van der Waals surface area contributed by atoms with Gasteiger partial charge in [0.05, 0.1) is 11.3 Å². The number of aromatic nitrogens is 2. The molecule has 1 aliphatic heterocycles. The van der Waals surface area contributed by atoms with Crippen LogP contribution in [0.5, 0.6) is 0 Å². The van der Waals surface area contributed by atoms with Gasteiger partial charge in [-0.1, -0.05) is 0 Å². The Kier molecular flexibility index (Phi) is 4.24. The molecule has 1 unspecified atom stereocenters. The number of rotatable bonds is 5. The molecule has 0 saturated carbocycles. The molecule has 1 atom stereocenters. The lowest BCUT2D eigenvalue weighted by molar-refractivity contribution is -0.122. The van der Waals surface area contributed by atoms with Crippen molar-refractivity contribution < 1.29 is 9.53 Å². The van der Waals surface area contributed by atoms with Crippen molar-refractivity contribution in [2.75, 3.05) is 13.2 Å². The second-order valence-electron chi connectivity index (χ2n) is 5.59. The van der Waals surface area contributed by atoms with Crippen molar-refractivity contribution in [3.63, 3.8) is 0 Å². The number of aromatic amines is 1. The van der Waals surface area contributed by atoms with Crippen LogP contribution in [0.2, 0.25) is 0 Å². The van der Waals surface area contributed by atoms with E-state index in [1.807, 2.05) is 13.8 Å². The van der Waals surface area contributed by atoms with Crippen molar-refractivity contribution in [1.29, 1.82) is 0 Å². The van der Waals surface area contributed by atoms with Crippen LogP contribution in [0.1, 0.15) is 43.1 Å². The zero-order valence-corrected chi connectivity index (χ0v) is 12.0. The number of carbonyl (C=O) groups excluding carboxylic acids is 1. The van der Waals surface area contributed by atoms with Gasteiger partial charge in [-0.25, -0.2) is 0 Å². The number of ether oxygens (including phenoxy) is 1. The maximum atomic E-state index is 11.9. The Bertz CT molecular complexity index is 428. The number of nitrogens with one attached hydrogen (secondary N) is 2. The summed E-state index contributed by atoms with van der Waals surface area (Å²) in [6.07, 6.45) is 3.34. The quantitative estimate of drug-likeness (QED) is 0.850. The fourth-order valence-corrected chi connectivity index (χ4v) is 2.53. The Hall–Kier alpha value is -1.36. The summed E-state index contributed by atoms with van der Waals surface area (Å²) in [5.41, 5.74) is 3.02. The van der Waals surface area contributed by atoms with Gasteiger partial charge in [0.2, 0.25) is 5.91 Å². The van der Waals surface area contributed by atoms with Crippen molar-refractivity contribution in [3.05, 3.63) is 17.0 Å². The van der Waals surface area contributed by atoms with Crippen LogP contribution in [0.25, 0.3) is 0 Å². The first-order chi connectivity index (χ1) is 9.00. The van der Waals surface area contributed by atoms with E-state index in [0.29, 0.717) is 13.0 Å². The molecule has 1 amide bonds. The summed E-state index contributed by atoms with van der Waals surface area (Å²) in [6, 6.07) is 0. The van der Waals surface area contributed by atoms with E-state index in [2.05, 4.69) is 22.4 Å². The number of carbonyl (C=O) groups is 1. The largest absolute Gasteiger partial charge is 0.373 e. The molecule has 2 rings (SSSR count). The van der Waals surface area contributed by atoms with E-state index < -0.39 is 0 Å². The van der Waals surface area contributed by atoms with E-state index in [1.54, 1.807) is 0 Å². The molecule has 1 aliphatic rings. The minimum Gasteiger partial charge on any atom is -0.373 e. The topological polar surface area (TPSA) is 67.0 Å². The molecule has 0 bridgehead atoms. The first kappa shape index (κ1) is 14.1. The Morgan fingerprint density at radius 3 is 2.89 bits per heavy atom. The maximum absolute atomic E-state index is 11.9. The minimum atomic E-state index is -0.170. The molecule has 1 fully saturated rings. The lowest BCUT2D eigenvalue weighted by Crippen LogP contribution is -2.40. The van der Waals surface area contributed by atoms with Crippen LogP contribution in [0.15, 0.2) is 0 Å². The number of aryl methyl sites for hydroxylation is 2. The molecule has 0 spiro atoms. The number of amides is 1. The van der Waals surface area contributed by atoms with Gasteiger partial charge in [-0.3, -0.25) is 9.89 Å². The minimum absolute atomic E-state index is 0.0803. The first-order valence-electron chi connectivity index (χ1n) is 6.91. The van der Waals surface area contributed by atoms with Crippen LogP contribution in [-0.4, -0.2) is 34.9 Å². The molecule has 106 valence electrons. The molecule has 19 heavy (non-hydrogen) atoms. The van der Waals surface area contributed by atoms with Crippen LogP contribution in [-0.2, 0) is 16.0 Å². The smallest absolute Gasteiger partial charge is 0.220 e. The molecule has 5 heteroatoms. The van der Waals surface area contributed by atoms with Gasteiger partial charge >= 0.3 is 0 Å². The van der Waals surface area contributed by atoms with Crippen molar-refractivity contribution >= 4 is 5.91 Å². The van der Waals surface area contributed by atoms with Gasteiger partial charge in [-0.05, 0) is 45.6 Å². The fraction of sp³-hybridized carbons (Fsp3) is 0.714. The second-order valence-corrected chi connectivity index (χ2v) is 5.59. The fourth-order valence-electron chi connectivity index (χ4n) is 2.53. The van der Waals surface area contributed by atoms with Crippen molar-refractivity contribution in [1.82, 2.24) is 15.5 Å². The summed E-state index contributed by atoms with van der Waals surface area (Å²) in [7, 11) is 0. The van der Waals surface area contributed by atoms with E-state index in [-0.39, 0.29) is 11.5 Å². The average molecular weight is 265 g/mol. The molecule has 2 N–H and O–H groups in total. The highest BCUT2D eigenvalue weighted by Gasteiger charge is 2.29. The van der Waals surface area contributed by atoms with Crippen LogP contribution >= 0.6 is 0 Å². The number of H-pyrrole nitrogens is 1. The highest BCUT2D eigenvalue weighted by atomic mass is 16.5. The molecule has 1 aromatic heterocycles. The first-order valence-corrected chi connectivity index (χ1v) is 6.91. The Labute approximate surface area is 114 Å². The molecule has 2 heterocycles. The van der Waals surface area contributed by atoms with E-state index in [1.165, 1.54) is 0 Å². The zero-order valence-electron chi connectivity index (χ0n) is 12.0.